The third kappa shape index (κ3) is 2.95. The molecular weight excluding hydrogens is 326 g/mol. The van der Waals surface area contributed by atoms with E-state index in [1.54, 1.807) is 47.5 Å². The van der Waals surface area contributed by atoms with Gasteiger partial charge in [-0.2, -0.15) is 0 Å². The number of carbonyl (C=O) groups is 2. The average Bonchev–Trinajstić information content (AvgIpc) is 2.78. The number of amides is 2. The van der Waals surface area contributed by atoms with Gasteiger partial charge in [-0.05, 0) is 29.8 Å². The van der Waals surface area contributed by atoms with E-state index in [0.717, 1.165) is 5.56 Å². The van der Waals surface area contributed by atoms with E-state index in [1.807, 2.05) is 36.4 Å². The van der Waals surface area contributed by atoms with Crippen molar-refractivity contribution in [3.05, 3.63) is 95.8 Å². The molecule has 128 valence electrons. The van der Waals surface area contributed by atoms with Crippen molar-refractivity contribution in [1.29, 1.82) is 0 Å². The van der Waals surface area contributed by atoms with Gasteiger partial charge in [-0.1, -0.05) is 48.5 Å². The number of anilines is 1. The predicted molar refractivity (Wildman–Crippen MR) is 98.4 cm³/mol. The second-order valence-corrected chi connectivity index (χ2v) is 6.11. The molecule has 2 amide bonds. The van der Waals surface area contributed by atoms with E-state index >= 15 is 0 Å². The van der Waals surface area contributed by atoms with Gasteiger partial charge in [0.15, 0.2) is 6.04 Å². The van der Waals surface area contributed by atoms with Gasteiger partial charge in [-0.25, -0.2) is 0 Å². The summed E-state index contributed by atoms with van der Waals surface area (Å²) in [5.74, 6) is -0.462. The van der Waals surface area contributed by atoms with Gasteiger partial charge in [0.25, 0.3) is 11.8 Å². The standard InChI is InChI=1S/C21H17N3O2/c25-20-19(18-12-6-7-13-22-18)24(14-15-8-2-1-3-9-15)21(26)16-10-4-5-11-17(16)23-20/h1-13,19H,14H2,(H,23,25). The second-order valence-electron chi connectivity index (χ2n) is 6.11. The first kappa shape index (κ1) is 16.0. The van der Waals surface area contributed by atoms with E-state index in [4.69, 9.17) is 0 Å². The topological polar surface area (TPSA) is 62.3 Å². The molecule has 1 N–H and O–H groups in total. The van der Waals surface area contributed by atoms with Crippen molar-refractivity contribution in [2.24, 2.45) is 0 Å². The van der Waals surface area contributed by atoms with E-state index in [1.165, 1.54) is 0 Å². The first-order chi connectivity index (χ1) is 12.7. The quantitative estimate of drug-likeness (QED) is 0.793. The van der Waals surface area contributed by atoms with Crippen molar-refractivity contribution < 1.29 is 9.59 Å². The van der Waals surface area contributed by atoms with Gasteiger partial charge in [0.05, 0.1) is 16.9 Å². The molecule has 1 unspecified atom stereocenters. The van der Waals surface area contributed by atoms with Crippen LogP contribution in [-0.2, 0) is 11.3 Å². The molecule has 0 spiro atoms. The van der Waals surface area contributed by atoms with Gasteiger partial charge in [-0.3, -0.25) is 14.6 Å². The zero-order chi connectivity index (χ0) is 17.9. The largest absolute Gasteiger partial charge is 0.323 e. The molecule has 26 heavy (non-hydrogen) atoms. The molecule has 5 nitrogen and oxygen atoms in total. The molecule has 0 aliphatic carbocycles. The highest BCUT2D eigenvalue weighted by atomic mass is 16.2. The highest BCUT2D eigenvalue weighted by molar-refractivity contribution is 6.09. The minimum Gasteiger partial charge on any atom is -0.323 e. The van der Waals surface area contributed by atoms with Crippen LogP contribution in [-0.4, -0.2) is 21.7 Å². The van der Waals surface area contributed by atoms with Crippen LogP contribution in [0.25, 0.3) is 0 Å². The molecule has 2 heterocycles. The normalized spacial score (nSPS) is 16.6. The van der Waals surface area contributed by atoms with Crippen molar-refractivity contribution >= 4 is 17.5 Å². The number of nitrogens with one attached hydrogen (secondary N) is 1. The van der Waals surface area contributed by atoms with E-state index in [2.05, 4.69) is 10.3 Å². The smallest absolute Gasteiger partial charge is 0.257 e. The number of hydrogen-bond acceptors (Lipinski definition) is 3. The SMILES string of the molecule is O=C1Nc2ccccc2C(=O)N(Cc2ccccc2)C1c1ccccn1. The zero-order valence-electron chi connectivity index (χ0n) is 14.0. The Hall–Kier alpha value is -3.47. The molecule has 0 radical (unpaired) electrons. The molecule has 2 aromatic carbocycles. The molecule has 0 saturated carbocycles. The summed E-state index contributed by atoms with van der Waals surface area (Å²) in [6.07, 6.45) is 1.63. The number of para-hydroxylation sites is 1. The van der Waals surface area contributed by atoms with E-state index in [9.17, 15) is 9.59 Å². The molecule has 1 aromatic heterocycles. The van der Waals surface area contributed by atoms with Crippen LogP contribution in [0.1, 0.15) is 27.7 Å². The van der Waals surface area contributed by atoms with E-state index in [-0.39, 0.29) is 11.8 Å². The van der Waals surface area contributed by atoms with Gasteiger partial charge in [0, 0.05) is 12.7 Å². The number of rotatable bonds is 3. The third-order valence-electron chi connectivity index (χ3n) is 4.40. The average molecular weight is 343 g/mol. The summed E-state index contributed by atoms with van der Waals surface area (Å²) in [6, 6.07) is 21.3. The van der Waals surface area contributed by atoms with Crippen molar-refractivity contribution in [3.8, 4) is 0 Å². The Kier molecular flexibility index (Phi) is 4.19. The van der Waals surface area contributed by atoms with E-state index in [0.29, 0.717) is 23.5 Å². The Morgan fingerprint density at radius 1 is 0.885 bits per heavy atom. The Balaban J connectivity index is 1.82. The maximum absolute atomic E-state index is 13.3. The van der Waals surface area contributed by atoms with Gasteiger partial charge >= 0.3 is 0 Å². The number of pyridine rings is 1. The van der Waals surface area contributed by atoms with Crippen LogP contribution in [0.15, 0.2) is 79.0 Å². The molecule has 0 bridgehead atoms. The van der Waals surface area contributed by atoms with Crippen LogP contribution < -0.4 is 5.32 Å². The van der Waals surface area contributed by atoms with Gasteiger partial charge in [0.1, 0.15) is 0 Å². The summed E-state index contributed by atoms with van der Waals surface area (Å²) in [6.45, 7) is 0.322. The lowest BCUT2D eigenvalue weighted by atomic mass is 10.1. The minimum absolute atomic E-state index is 0.196. The van der Waals surface area contributed by atoms with Gasteiger partial charge < -0.3 is 10.2 Å². The lowest BCUT2D eigenvalue weighted by Gasteiger charge is -2.28. The summed E-state index contributed by atoms with van der Waals surface area (Å²) in [4.78, 5) is 32.2. The molecule has 1 atom stereocenters. The monoisotopic (exact) mass is 343 g/mol. The number of hydrogen-bond donors (Lipinski definition) is 1. The molecule has 0 saturated heterocycles. The summed E-state index contributed by atoms with van der Waals surface area (Å²) in [5.41, 5.74) is 2.50. The Morgan fingerprint density at radius 3 is 2.38 bits per heavy atom. The van der Waals surface area contributed by atoms with Crippen LogP contribution in [0, 0.1) is 0 Å². The number of carbonyl (C=O) groups excluding carboxylic acids is 2. The van der Waals surface area contributed by atoms with Gasteiger partial charge in [0.2, 0.25) is 0 Å². The number of aromatic nitrogens is 1. The Labute approximate surface area is 151 Å². The van der Waals surface area contributed by atoms with Crippen LogP contribution in [0.5, 0.6) is 0 Å². The minimum atomic E-state index is -0.795. The van der Waals surface area contributed by atoms with Crippen LogP contribution in [0.4, 0.5) is 5.69 Å². The second kappa shape index (κ2) is 6.80. The van der Waals surface area contributed by atoms with Crippen molar-refractivity contribution in [3.63, 3.8) is 0 Å². The highest BCUT2D eigenvalue weighted by Crippen LogP contribution is 2.31. The molecule has 5 heteroatoms. The number of fused-ring (bicyclic) bond motifs is 1. The predicted octanol–water partition coefficient (Wildman–Crippen LogP) is 3.42. The van der Waals surface area contributed by atoms with Crippen LogP contribution in [0.2, 0.25) is 0 Å². The Bertz CT molecular complexity index is 942. The van der Waals surface area contributed by atoms with Crippen molar-refractivity contribution in [2.45, 2.75) is 12.6 Å². The fourth-order valence-corrected chi connectivity index (χ4v) is 3.17. The zero-order valence-corrected chi connectivity index (χ0v) is 14.0. The van der Waals surface area contributed by atoms with Crippen LogP contribution >= 0.6 is 0 Å². The Morgan fingerprint density at radius 2 is 1.62 bits per heavy atom. The number of nitrogens with zero attached hydrogens (tertiary/aromatic N) is 2. The molecule has 1 aliphatic heterocycles. The summed E-state index contributed by atoms with van der Waals surface area (Å²) >= 11 is 0. The maximum Gasteiger partial charge on any atom is 0.257 e. The van der Waals surface area contributed by atoms with Crippen molar-refractivity contribution in [2.75, 3.05) is 5.32 Å². The molecule has 1 aliphatic rings. The lowest BCUT2D eigenvalue weighted by molar-refractivity contribution is -0.120. The third-order valence-corrected chi connectivity index (χ3v) is 4.40. The molecule has 3 aromatic rings. The first-order valence-corrected chi connectivity index (χ1v) is 8.40. The fraction of sp³-hybridized carbons (Fsp3) is 0.0952. The summed E-state index contributed by atoms with van der Waals surface area (Å²) < 4.78 is 0. The highest BCUT2D eigenvalue weighted by Gasteiger charge is 2.37. The fourth-order valence-electron chi connectivity index (χ4n) is 3.17. The summed E-state index contributed by atoms with van der Waals surface area (Å²) in [7, 11) is 0. The number of benzene rings is 2. The van der Waals surface area contributed by atoms with E-state index < -0.39 is 6.04 Å². The van der Waals surface area contributed by atoms with Crippen LogP contribution in [0.3, 0.4) is 0 Å². The first-order valence-electron chi connectivity index (χ1n) is 8.40. The molecule has 0 fully saturated rings. The van der Waals surface area contributed by atoms with Crippen molar-refractivity contribution in [1.82, 2.24) is 9.88 Å². The maximum atomic E-state index is 13.3. The molecular formula is C21H17N3O2. The lowest BCUT2D eigenvalue weighted by Crippen LogP contribution is -2.38. The van der Waals surface area contributed by atoms with Gasteiger partial charge in [-0.15, -0.1) is 0 Å². The molecule has 4 rings (SSSR count). The summed E-state index contributed by atoms with van der Waals surface area (Å²) in [5, 5.41) is 2.88.